The van der Waals surface area contributed by atoms with E-state index in [0.717, 1.165) is 11.9 Å². The molecule has 3 nitrogen and oxygen atoms in total. The maximum atomic E-state index is 16.5. The van der Waals surface area contributed by atoms with Crippen molar-refractivity contribution < 1.29 is 147 Å². The van der Waals surface area contributed by atoms with Crippen molar-refractivity contribution in [2.75, 3.05) is 14.1 Å². The van der Waals surface area contributed by atoms with E-state index in [2.05, 4.69) is 38.4 Å². The zero-order valence-corrected chi connectivity index (χ0v) is 43.4. The van der Waals surface area contributed by atoms with E-state index in [4.69, 9.17) is 0 Å². The SMILES string of the molecule is C[NH+](C)Cc1ccccc1[Se]CC(C)(C)O.Fc1c(F)c(F)c([B-]([NH2+][B-](c2c(F)c(F)c(F)c(F)c2F)(c2c(F)c(F)c(F)c(F)c2F)c2c(F)c(F)c(F)c(F)c2F)(c2c(F)c(F)c(F)c(F)c2F)c2c(F)c(F)c(F)c(F)c2F)c(F)c1F. The molecule has 0 amide bonds. The van der Waals surface area contributed by atoms with Gasteiger partial charge in [-0.3, -0.25) is 0 Å². The van der Waals surface area contributed by atoms with Gasteiger partial charge >= 0.3 is 105 Å². The van der Waals surface area contributed by atoms with Gasteiger partial charge in [0.05, 0.1) is 0 Å². The second-order valence-corrected chi connectivity index (χ2v) is 21.2. The van der Waals surface area contributed by atoms with Crippen LogP contribution in [0.2, 0.25) is 5.32 Å². The Hall–Kier alpha value is -7.03. The standard InChI is InChI=1S/C36H2B2F30N.C13H21NOSe/c39-7-1(8(40)20(52)31(63)19(7)51)37(2-9(41)21(53)32(64)22(54)10(2)42,3-11(43)23(55)33(65)24(56)12(3)44)69-38(4-13(45)25(57)34(66)26(58)14(4)46,5-15(47)27(59)35(67)28(60)16(5)48)6-17(49)29(61)36(68)30(62)18(6)50;1-13(2,15)10-16-12-8-6-5-7-11(12)9-14(3)4/h69H2;5-8,15H,9-10H2,1-4H3/q-1;/p+1. The van der Waals surface area contributed by atoms with E-state index < -0.39 is 231 Å². The zero-order chi connectivity index (χ0) is 64.7. The third-order valence-electron chi connectivity index (χ3n) is 12.9. The molecule has 85 heavy (non-hydrogen) atoms. The van der Waals surface area contributed by atoms with E-state index in [1.54, 1.807) is 0 Å². The van der Waals surface area contributed by atoms with Crippen LogP contribution in [0.1, 0.15) is 19.4 Å². The van der Waals surface area contributed by atoms with E-state index in [1.165, 1.54) is 14.9 Å². The van der Waals surface area contributed by atoms with Gasteiger partial charge in [0.25, 0.3) is 12.6 Å². The number of benzene rings is 7. The maximum Gasteiger partial charge on any atom is 0.266 e. The fourth-order valence-corrected chi connectivity index (χ4v) is 11.5. The smallest absolute Gasteiger partial charge is 0.266 e. The molecule has 0 fully saturated rings. The molecule has 0 aliphatic carbocycles. The molecule has 0 aliphatic rings. The Morgan fingerprint density at radius 3 is 0.682 bits per heavy atom. The van der Waals surface area contributed by atoms with Gasteiger partial charge in [-0.15, -0.1) is 0 Å². The molecule has 458 valence electrons. The van der Waals surface area contributed by atoms with E-state index in [1.807, 2.05) is 13.8 Å². The van der Waals surface area contributed by atoms with Crippen LogP contribution in [0, 0.1) is 175 Å². The molecule has 7 aromatic carbocycles. The van der Waals surface area contributed by atoms with Gasteiger partial charge in [-0.25, -0.2) is 132 Å². The Bertz CT molecular complexity index is 3190. The third kappa shape index (κ3) is 10.8. The first-order valence-corrected chi connectivity index (χ1v) is 24.7. The minimum Gasteiger partial charge on any atom is -0.718 e. The van der Waals surface area contributed by atoms with Gasteiger partial charge in [0.15, 0.2) is 105 Å². The number of nitrogens with two attached hydrogens (primary N) is 1. The van der Waals surface area contributed by atoms with Crippen LogP contribution in [0.15, 0.2) is 24.3 Å². The van der Waals surface area contributed by atoms with Crippen LogP contribution in [0.4, 0.5) is 132 Å². The molecule has 0 saturated heterocycles. The Balaban J connectivity index is 0.000000624. The van der Waals surface area contributed by atoms with Crippen molar-refractivity contribution in [1.29, 1.82) is 0 Å². The average molecular weight is 1330 g/mol. The Kier molecular flexibility index (Phi) is 19.0. The van der Waals surface area contributed by atoms with Gasteiger partial charge in [0, 0.05) is 0 Å². The fourth-order valence-electron chi connectivity index (χ4n) is 9.43. The van der Waals surface area contributed by atoms with Crippen molar-refractivity contribution >= 4 is 64.8 Å². The molecule has 36 heteroatoms. The molecule has 7 rings (SSSR count). The van der Waals surface area contributed by atoms with Gasteiger partial charge in [-0.1, -0.05) is 32.8 Å². The van der Waals surface area contributed by atoms with Crippen LogP contribution in [0.3, 0.4) is 0 Å². The van der Waals surface area contributed by atoms with Crippen molar-refractivity contribution in [3.63, 3.8) is 0 Å². The summed E-state index contributed by atoms with van der Waals surface area (Å²) in [5, 5.41) is 8.21. The van der Waals surface area contributed by atoms with E-state index >= 15 is 105 Å². The van der Waals surface area contributed by atoms with Gasteiger partial charge in [-0.05, 0) is 0 Å². The molecule has 0 spiro atoms. The molecule has 7 aromatic rings. The maximum absolute atomic E-state index is 16.5. The summed E-state index contributed by atoms with van der Waals surface area (Å²) in [6.07, 6.45) is -16.4. The minimum absolute atomic E-state index is 0.365. The number of rotatable bonds is 13. The number of hydrogen-bond acceptors (Lipinski definition) is 1. The fraction of sp³-hybridized carbons (Fsp3) is 0.143. The molecule has 0 aromatic heterocycles. The summed E-state index contributed by atoms with van der Waals surface area (Å²) in [5.41, 5.74) is -24.3. The molecule has 4 N–H and O–H groups in total. The van der Waals surface area contributed by atoms with Crippen molar-refractivity contribution in [1.82, 2.24) is 0 Å². The Morgan fingerprint density at radius 2 is 0.506 bits per heavy atom. The van der Waals surface area contributed by atoms with Crippen LogP contribution < -0.4 is 47.3 Å². The normalized spacial score (nSPS) is 12.2. The topological polar surface area (TPSA) is 41.3 Å². The van der Waals surface area contributed by atoms with Crippen molar-refractivity contribution in [3.8, 4) is 0 Å². The summed E-state index contributed by atoms with van der Waals surface area (Å²) < 4.78 is 471. The first-order chi connectivity index (χ1) is 39.1. The van der Waals surface area contributed by atoms with Crippen molar-refractivity contribution in [2.24, 2.45) is 0 Å². The number of quaternary nitrogens is 2. The molecule has 0 heterocycles. The summed E-state index contributed by atoms with van der Waals surface area (Å²) in [5.74, 6) is -122. The average Bonchev–Trinajstić information content (AvgIpc) is 0.727. The van der Waals surface area contributed by atoms with Gasteiger partial charge in [0.2, 0.25) is 0 Å². The molecule has 0 aliphatic heterocycles. The van der Waals surface area contributed by atoms with Gasteiger partial charge < -0.3 is 5.14 Å². The third-order valence-corrected chi connectivity index (χ3v) is 16.1. The predicted molar refractivity (Wildman–Crippen MR) is 238 cm³/mol. The summed E-state index contributed by atoms with van der Waals surface area (Å²) in [4.78, 5) is 1.44. The number of nitrogens with one attached hydrogen (secondary N) is 1. The second kappa shape index (κ2) is 24.0. The number of hydrogen-bond donors (Lipinski definition) is 3. The largest absolute Gasteiger partial charge is 0.718 e. The second-order valence-electron chi connectivity index (χ2n) is 19.1. The quantitative estimate of drug-likeness (QED) is 0.0501. The minimum atomic E-state index is -8.20. The molecular formula is C49H24B2F30N2OSe. The summed E-state index contributed by atoms with van der Waals surface area (Å²) in [6, 6.07) is 8.59. The van der Waals surface area contributed by atoms with Crippen LogP contribution >= 0.6 is 0 Å². The van der Waals surface area contributed by atoms with E-state index in [9.17, 15) is 31.4 Å². The van der Waals surface area contributed by atoms with E-state index in [0.29, 0.717) is 15.0 Å². The molecular weight excluding hydrogens is 1300 g/mol. The van der Waals surface area contributed by atoms with Gasteiger partial charge in [0.1, 0.15) is 69.8 Å². The van der Waals surface area contributed by atoms with Gasteiger partial charge in [-0.2, -0.15) is 0 Å². The molecule has 0 atom stereocenters. The Labute approximate surface area is 460 Å². The first kappa shape index (κ1) is 67.1. The van der Waals surface area contributed by atoms with Crippen LogP contribution in [-0.2, 0) is 6.54 Å². The first-order valence-electron chi connectivity index (χ1n) is 22.7. The van der Waals surface area contributed by atoms with Crippen LogP contribution in [0.5, 0.6) is 0 Å². The Morgan fingerprint density at radius 1 is 0.329 bits per heavy atom. The molecule has 0 saturated carbocycles. The molecule has 0 bridgehead atoms. The molecule has 0 unspecified atom stereocenters. The summed E-state index contributed by atoms with van der Waals surface area (Å²) in [7, 11) is 4.33. The monoisotopic (exact) mass is 1330 g/mol. The van der Waals surface area contributed by atoms with Crippen LogP contribution in [0.25, 0.3) is 0 Å². The summed E-state index contributed by atoms with van der Waals surface area (Å²) >= 11 is 0.365. The zero-order valence-electron chi connectivity index (χ0n) is 41.7. The van der Waals surface area contributed by atoms with Crippen molar-refractivity contribution in [2.45, 2.75) is 31.3 Å². The predicted octanol–water partition coefficient (Wildman–Crippen LogP) is 6.91. The molecule has 0 radical (unpaired) electrons. The summed E-state index contributed by atoms with van der Waals surface area (Å²) in [6.45, 7) is 4.83. The number of halogens is 30. The number of aliphatic hydroxyl groups is 1. The van der Waals surface area contributed by atoms with Crippen LogP contribution in [-0.4, -0.2) is 52.3 Å². The van der Waals surface area contributed by atoms with E-state index in [-0.39, 0.29) is 0 Å². The van der Waals surface area contributed by atoms with Crippen molar-refractivity contribution in [3.05, 3.63) is 204 Å².